The number of β-amino-alcohol motifs (C(OH)–C–C–N with tert-alkyl or cyclic N) is 1. The maximum atomic E-state index is 12.7. The summed E-state index contributed by atoms with van der Waals surface area (Å²) in [7, 11) is -1.52. The van der Waals surface area contributed by atoms with Gasteiger partial charge < -0.3 is 29.5 Å². The van der Waals surface area contributed by atoms with E-state index in [4.69, 9.17) is 19.3 Å². The number of hydrogen-bond acceptors (Lipinski definition) is 9. The molecule has 2 aliphatic rings. The smallest absolute Gasteiger partial charge is 0.337 e. The first-order chi connectivity index (χ1) is 13.8. The van der Waals surface area contributed by atoms with Gasteiger partial charge in [-0.05, 0) is 7.05 Å². The number of hydrogen-bond donors (Lipinski definition) is 3. The molecular weight excluding hydrogens is 406 g/mol. The van der Waals surface area contributed by atoms with E-state index in [-0.39, 0.29) is 60.5 Å². The second-order valence-electron chi connectivity index (χ2n) is 6.12. The van der Waals surface area contributed by atoms with Crippen LogP contribution in [-0.2, 0) is 24.3 Å². The molecular formula is C17H21N3O8S. The number of benzene rings is 1. The number of nitrogens with zero attached hydrogens (tertiary/aromatic N) is 1. The van der Waals surface area contributed by atoms with Crippen LogP contribution in [0.3, 0.4) is 0 Å². The predicted molar refractivity (Wildman–Crippen MR) is 100 cm³/mol. The first-order valence-electron chi connectivity index (χ1n) is 8.68. The molecule has 11 nitrogen and oxygen atoms in total. The van der Waals surface area contributed by atoms with Crippen LogP contribution in [0, 0.1) is 0 Å². The van der Waals surface area contributed by atoms with Crippen molar-refractivity contribution >= 4 is 27.6 Å². The molecule has 3 N–H and O–H groups in total. The molecule has 158 valence electrons. The Bertz CT molecular complexity index is 973. The minimum Gasteiger partial charge on any atom is -0.486 e. The van der Waals surface area contributed by atoms with Gasteiger partial charge in [0.05, 0.1) is 31.5 Å². The Morgan fingerprint density at radius 1 is 1.28 bits per heavy atom. The molecule has 0 unspecified atom stereocenters. The molecule has 2 heterocycles. The van der Waals surface area contributed by atoms with E-state index in [1.807, 2.05) is 0 Å². The third-order valence-electron chi connectivity index (χ3n) is 4.42. The van der Waals surface area contributed by atoms with Crippen molar-refractivity contribution in [2.24, 2.45) is 0 Å². The van der Waals surface area contributed by atoms with Gasteiger partial charge in [0.25, 0.3) is 5.91 Å². The number of carbonyl (C=O) groups excluding carboxylic acids is 2. The van der Waals surface area contributed by atoms with Crippen LogP contribution in [0.15, 0.2) is 28.3 Å². The van der Waals surface area contributed by atoms with Crippen LogP contribution in [0.4, 0.5) is 5.69 Å². The fourth-order valence-electron chi connectivity index (χ4n) is 2.98. The second kappa shape index (κ2) is 8.27. The van der Waals surface area contributed by atoms with Crippen molar-refractivity contribution in [3.05, 3.63) is 23.4 Å². The van der Waals surface area contributed by atoms with E-state index in [1.54, 1.807) is 0 Å². The molecule has 0 aromatic heterocycles. The Morgan fingerprint density at radius 2 is 1.93 bits per heavy atom. The maximum Gasteiger partial charge on any atom is 0.337 e. The van der Waals surface area contributed by atoms with Gasteiger partial charge in [0.2, 0.25) is 10.0 Å². The van der Waals surface area contributed by atoms with E-state index in [2.05, 4.69) is 10.0 Å². The molecule has 0 aliphatic carbocycles. The van der Waals surface area contributed by atoms with Gasteiger partial charge in [-0.25, -0.2) is 17.9 Å². The Labute approximate surface area is 167 Å². The average molecular weight is 427 g/mol. The van der Waals surface area contributed by atoms with Gasteiger partial charge in [0, 0.05) is 18.7 Å². The number of anilines is 1. The number of amides is 1. The van der Waals surface area contributed by atoms with E-state index in [1.165, 1.54) is 31.2 Å². The molecule has 0 atom stereocenters. The van der Waals surface area contributed by atoms with Gasteiger partial charge in [-0.1, -0.05) is 0 Å². The summed E-state index contributed by atoms with van der Waals surface area (Å²) < 4.78 is 42.9. The van der Waals surface area contributed by atoms with Crippen molar-refractivity contribution in [2.75, 3.05) is 52.4 Å². The van der Waals surface area contributed by atoms with Gasteiger partial charge in [0.1, 0.15) is 23.8 Å². The van der Waals surface area contributed by atoms with Crippen molar-refractivity contribution in [1.29, 1.82) is 0 Å². The minimum atomic E-state index is -3.94. The number of fused-ring (bicyclic) bond motifs is 1. The number of nitrogens with one attached hydrogen (secondary N) is 2. The molecule has 1 aromatic carbocycles. The second-order valence-corrected chi connectivity index (χ2v) is 7.97. The molecule has 3 rings (SSSR count). The van der Waals surface area contributed by atoms with Crippen molar-refractivity contribution in [3.8, 4) is 11.5 Å². The van der Waals surface area contributed by atoms with Gasteiger partial charge in [0.15, 0.2) is 11.5 Å². The van der Waals surface area contributed by atoms with Crippen LogP contribution < -0.4 is 19.5 Å². The summed E-state index contributed by atoms with van der Waals surface area (Å²) in [6.45, 7) is 0.187. The lowest BCUT2D eigenvalue weighted by atomic mass is 10.2. The predicted octanol–water partition coefficient (Wildman–Crippen LogP) is -0.961. The lowest BCUT2D eigenvalue weighted by Gasteiger charge is -2.22. The zero-order chi connectivity index (χ0) is 21.2. The van der Waals surface area contributed by atoms with Crippen LogP contribution in [0.5, 0.6) is 11.5 Å². The Kier molecular flexibility index (Phi) is 5.96. The molecule has 0 bridgehead atoms. The van der Waals surface area contributed by atoms with Crippen LogP contribution in [0.1, 0.15) is 0 Å². The third-order valence-corrected chi connectivity index (χ3v) is 5.87. The largest absolute Gasteiger partial charge is 0.486 e. The van der Waals surface area contributed by atoms with Crippen molar-refractivity contribution in [1.82, 2.24) is 9.62 Å². The fourth-order valence-corrected chi connectivity index (χ4v) is 3.87. The fraction of sp³-hybridized carbons (Fsp3) is 0.412. The molecule has 0 saturated carbocycles. The summed E-state index contributed by atoms with van der Waals surface area (Å²) in [4.78, 5) is 25.9. The van der Waals surface area contributed by atoms with Gasteiger partial charge >= 0.3 is 5.97 Å². The molecule has 0 spiro atoms. The standard InChI is InChI=1S/C17H21N3O8S/c1-18-29(24,25)14-8-13-12(27-5-6-28-13)7-11(14)19-15-10(17(23)26-2)9-20(3-4-21)16(15)22/h7-8,18-19,21H,3-6,9H2,1-2H3. The number of ether oxygens (including phenoxy) is 3. The van der Waals surface area contributed by atoms with Gasteiger partial charge in [-0.3, -0.25) is 4.79 Å². The molecule has 0 saturated heterocycles. The first kappa shape index (κ1) is 20.9. The topological polar surface area (TPSA) is 144 Å². The van der Waals surface area contributed by atoms with E-state index < -0.39 is 21.9 Å². The highest BCUT2D eigenvalue weighted by Crippen LogP contribution is 2.38. The Morgan fingerprint density at radius 3 is 2.52 bits per heavy atom. The van der Waals surface area contributed by atoms with Crippen LogP contribution in [-0.4, -0.2) is 77.4 Å². The molecule has 0 fully saturated rings. The molecule has 29 heavy (non-hydrogen) atoms. The van der Waals surface area contributed by atoms with Crippen LogP contribution >= 0.6 is 0 Å². The molecule has 1 amide bonds. The summed E-state index contributed by atoms with van der Waals surface area (Å²) in [6, 6.07) is 2.68. The highest BCUT2D eigenvalue weighted by atomic mass is 32.2. The van der Waals surface area contributed by atoms with Crippen LogP contribution in [0.2, 0.25) is 0 Å². The summed E-state index contributed by atoms with van der Waals surface area (Å²) in [5, 5.41) is 11.9. The molecule has 2 aliphatic heterocycles. The summed E-state index contributed by atoms with van der Waals surface area (Å²) >= 11 is 0. The number of rotatable bonds is 7. The SMILES string of the molecule is CNS(=O)(=O)c1cc2c(cc1NC1=C(C(=O)OC)CN(CCO)C1=O)OCCO2. The normalized spacial score (nSPS) is 16.2. The van der Waals surface area contributed by atoms with E-state index in [0.29, 0.717) is 5.75 Å². The molecule has 12 heteroatoms. The number of sulfonamides is 1. The molecule has 1 aromatic rings. The third kappa shape index (κ3) is 3.99. The number of methoxy groups -OCH3 is 1. The van der Waals surface area contributed by atoms with Crippen LogP contribution in [0.25, 0.3) is 0 Å². The summed E-state index contributed by atoms with van der Waals surface area (Å²) in [5.74, 6) is -0.761. The maximum absolute atomic E-state index is 12.7. The zero-order valence-corrected chi connectivity index (χ0v) is 16.7. The number of aliphatic hydroxyl groups is 1. The monoisotopic (exact) mass is 427 g/mol. The minimum absolute atomic E-state index is 0.00726. The van der Waals surface area contributed by atoms with Gasteiger partial charge in [-0.15, -0.1) is 0 Å². The number of carbonyl (C=O) groups is 2. The molecule has 0 radical (unpaired) electrons. The lowest BCUT2D eigenvalue weighted by molar-refractivity contribution is -0.136. The van der Waals surface area contributed by atoms with Crippen molar-refractivity contribution < 1.29 is 37.3 Å². The lowest BCUT2D eigenvalue weighted by Crippen LogP contribution is -2.31. The van der Waals surface area contributed by atoms with Crippen molar-refractivity contribution in [3.63, 3.8) is 0 Å². The number of aliphatic hydroxyl groups excluding tert-OH is 1. The van der Waals surface area contributed by atoms with E-state index in [9.17, 15) is 18.0 Å². The highest BCUT2D eigenvalue weighted by Gasteiger charge is 2.35. The Balaban J connectivity index is 2.09. The Hall–Kier alpha value is -2.83. The average Bonchev–Trinajstić information content (AvgIpc) is 3.02. The summed E-state index contributed by atoms with van der Waals surface area (Å²) in [5.41, 5.74) is -0.0811. The van der Waals surface area contributed by atoms with Gasteiger partial charge in [-0.2, -0.15) is 0 Å². The number of esters is 1. The van der Waals surface area contributed by atoms with E-state index in [0.717, 1.165) is 0 Å². The highest BCUT2D eigenvalue weighted by molar-refractivity contribution is 7.89. The summed E-state index contributed by atoms with van der Waals surface area (Å²) in [6.07, 6.45) is 0. The van der Waals surface area contributed by atoms with E-state index >= 15 is 0 Å². The quantitative estimate of drug-likeness (QED) is 0.469. The van der Waals surface area contributed by atoms with Crippen molar-refractivity contribution in [2.45, 2.75) is 4.90 Å². The first-order valence-corrected chi connectivity index (χ1v) is 10.2. The zero-order valence-electron chi connectivity index (χ0n) is 15.9.